The second-order valence-electron chi connectivity index (χ2n) is 7.35. The largest absolute Gasteiger partial charge is 0.480 e. The van der Waals surface area contributed by atoms with E-state index in [1.807, 2.05) is 19.9 Å². The van der Waals surface area contributed by atoms with Crippen LogP contribution in [0.5, 0.6) is 0 Å². The predicted molar refractivity (Wildman–Crippen MR) is 116 cm³/mol. The average molecular weight is 439 g/mol. The molecule has 0 heterocycles. The van der Waals surface area contributed by atoms with Crippen molar-refractivity contribution < 1.29 is 24.3 Å². The summed E-state index contributed by atoms with van der Waals surface area (Å²) in [7, 11) is 0. The molecule has 0 saturated heterocycles. The number of carbonyl (C=O) groups excluding carboxylic acids is 3. The highest BCUT2D eigenvalue weighted by Crippen LogP contribution is 2.05. The fourth-order valence-electron chi connectivity index (χ4n) is 2.68. The summed E-state index contributed by atoms with van der Waals surface area (Å²) in [6.45, 7) is 3.52. The van der Waals surface area contributed by atoms with Gasteiger partial charge in [0, 0.05) is 12.2 Å². The Morgan fingerprint density at radius 2 is 1.67 bits per heavy atom. The molecule has 3 amide bonds. The van der Waals surface area contributed by atoms with Crippen LogP contribution in [0.4, 0.5) is 0 Å². The molecule has 0 aliphatic heterocycles. The molecule has 30 heavy (non-hydrogen) atoms. The monoisotopic (exact) mass is 438 g/mol. The Balaban J connectivity index is 2.76. The molecule has 1 aromatic carbocycles. The summed E-state index contributed by atoms with van der Waals surface area (Å²) >= 11 is 3.92. The zero-order valence-corrected chi connectivity index (χ0v) is 18.0. The molecule has 9 nitrogen and oxygen atoms in total. The number of thiol groups is 1. The minimum atomic E-state index is -1.23. The Bertz CT molecular complexity index is 729. The molecule has 1 aromatic rings. The Morgan fingerprint density at radius 1 is 1.03 bits per heavy atom. The number of rotatable bonds is 12. The van der Waals surface area contributed by atoms with E-state index in [4.69, 9.17) is 10.8 Å². The summed E-state index contributed by atoms with van der Waals surface area (Å²) < 4.78 is 0. The standard InChI is InChI=1S/C20H30N4O5S/c1-12(2)8-14(21)18(26)22-10-17(25)23-15(9-13-6-4-3-5-7-13)19(27)24-16(11-30)20(28)29/h3-7,12,14-16,30H,8-11,21H2,1-2H3,(H,22,26)(H,23,25)(H,24,27)(H,28,29). The molecule has 0 bridgehead atoms. The second kappa shape index (κ2) is 12.9. The fraction of sp³-hybridized carbons (Fsp3) is 0.500. The highest BCUT2D eigenvalue weighted by atomic mass is 32.1. The average Bonchev–Trinajstić information content (AvgIpc) is 2.69. The van der Waals surface area contributed by atoms with E-state index >= 15 is 0 Å². The SMILES string of the molecule is CC(C)CC(N)C(=O)NCC(=O)NC(Cc1ccccc1)C(=O)NC(CS)C(=O)O. The van der Waals surface area contributed by atoms with Gasteiger partial charge >= 0.3 is 5.97 Å². The molecule has 1 rings (SSSR count). The third-order valence-electron chi connectivity index (χ3n) is 4.22. The van der Waals surface area contributed by atoms with Gasteiger partial charge in [-0.1, -0.05) is 44.2 Å². The summed E-state index contributed by atoms with van der Waals surface area (Å²) in [4.78, 5) is 48.1. The number of hydrogen-bond acceptors (Lipinski definition) is 6. The zero-order valence-electron chi connectivity index (χ0n) is 17.1. The molecule has 0 radical (unpaired) electrons. The molecular formula is C20H30N4O5S. The molecular weight excluding hydrogens is 408 g/mol. The maximum atomic E-state index is 12.6. The fourth-order valence-corrected chi connectivity index (χ4v) is 2.92. The molecule has 0 fully saturated rings. The van der Waals surface area contributed by atoms with Crippen LogP contribution in [0.1, 0.15) is 25.8 Å². The zero-order chi connectivity index (χ0) is 22.7. The van der Waals surface area contributed by atoms with Crippen LogP contribution in [0.3, 0.4) is 0 Å². The molecule has 0 aromatic heterocycles. The van der Waals surface area contributed by atoms with Crippen LogP contribution in [0.2, 0.25) is 0 Å². The first kappa shape index (κ1) is 25.4. The number of hydrogen-bond donors (Lipinski definition) is 6. The summed E-state index contributed by atoms with van der Waals surface area (Å²) in [5, 5.41) is 16.5. The van der Waals surface area contributed by atoms with Gasteiger partial charge < -0.3 is 26.8 Å². The summed E-state index contributed by atoms with van der Waals surface area (Å²) in [5.74, 6) is -2.80. The van der Waals surface area contributed by atoms with E-state index in [-0.39, 0.29) is 24.6 Å². The maximum absolute atomic E-state index is 12.6. The van der Waals surface area contributed by atoms with Gasteiger partial charge in [-0.05, 0) is 17.9 Å². The third-order valence-corrected chi connectivity index (χ3v) is 4.58. The highest BCUT2D eigenvalue weighted by Gasteiger charge is 2.26. The Labute approximate surface area is 181 Å². The van der Waals surface area contributed by atoms with Crippen molar-refractivity contribution in [3.63, 3.8) is 0 Å². The van der Waals surface area contributed by atoms with Gasteiger partial charge in [-0.2, -0.15) is 12.6 Å². The lowest BCUT2D eigenvalue weighted by Crippen LogP contribution is -2.54. The van der Waals surface area contributed by atoms with Crippen LogP contribution < -0.4 is 21.7 Å². The molecule has 0 spiro atoms. The van der Waals surface area contributed by atoms with Gasteiger partial charge in [0.2, 0.25) is 17.7 Å². The van der Waals surface area contributed by atoms with Crippen LogP contribution in [-0.4, -0.2) is 59.2 Å². The van der Waals surface area contributed by atoms with Crippen LogP contribution in [0.15, 0.2) is 30.3 Å². The third kappa shape index (κ3) is 9.27. The Morgan fingerprint density at radius 3 is 2.20 bits per heavy atom. The van der Waals surface area contributed by atoms with Crippen molar-refractivity contribution in [1.29, 1.82) is 0 Å². The van der Waals surface area contributed by atoms with E-state index in [1.54, 1.807) is 24.3 Å². The van der Waals surface area contributed by atoms with Crippen molar-refractivity contribution in [2.24, 2.45) is 11.7 Å². The number of carbonyl (C=O) groups is 4. The lowest BCUT2D eigenvalue weighted by atomic mass is 10.0. The van der Waals surface area contributed by atoms with Crippen molar-refractivity contribution in [2.75, 3.05) is 12.3 Å². The van der Waals surface area contributed by atoms with Gasteiger partial charge in [-0.15, -0.1) is 0 Å². The van der Waals surface area contributed by atoms with E-state index in [0.29, 0.717) is 6.42 Å². The Kier molecular flexibility index (Phi) is 10.9. The number of nitrogens with two attached hydrogens (primary N) is 1. The van der Waals surface area contributed by atoms with Gasteiger partial charge in [0.15, 0.2) is 0 Å². The number of carboxylic acids is 1. The molecule has 0 aliphatic rings. The number of aliphatic carboxylic acids is 1. The van der Waals surface area contributed by atoms with Crippen LogP contribution in [-0.2, 0) is 25.6 Å². The molecule has 166 valence electrons. The Hall–Kier alpha value is -2.59. The maximum Gasteiger partial charge on any atom is 0.327 e. The number of benzene rings is 1. The molecule has 0 saturated carbocycles. The smallest absolute Gasteiger partial charge is 0.327 e. The summed E-state index contributed by atoms with van der Waals surface area (Å²) in [5.41, 5.74) is 6.56. The lowest BCUT2D eigenvalue weighted by molar-refractivity contribution is -0.141. The quantitative estimate of drug-likeness (QED) is 0.247. The first-order valence-corrected chi connectivity index (χ1v) is 10.3. The normalized spacial score (nSPS) is 13.8. The van der Waals surface area contributed by atoms with Gasteiger partial charge in [0.1, 0.15) is 12.1 Å². The van der Waals surface area contributed by atoms with Crippen molar-refractivity contribution in [3.8, 4) is 0 Å². The van der Waals surface area contributed by atoms with Gasteiger partial charge in [0.05, 0.1) is 12.6 Å². The van der Waals surface area contributed by atoms with Crippen molar-refractivity contribution in [3.05, 3.63) is 35.9 Å². The van der Waals surface area contributed by atoms with Crippen molar-refractivity contribution in [2.45, 2.75) is 44.8 Å². The van der Waals surface area contributed by atoms with Crippen LogP contribution >= 0.6 is 12.6 Å². The van der Waals surface area contributed by atoms with Crippen molar-refractivity contribution in [1.82, 2.24) is 16.0 Å². The molecule has 10 heteroatoms. The number of carboxylic acid groups (broad SMARTS) is 1. The minimum Gasteiger partial charge on any atom is -0.480 e. The first-order valence-electron chi connectivity index (χ1n) is 9.64. The predicted octanol–water partition coefficient (Wildman–Crippen LogP) is -0.297. The van der Waals surface area contributed by atoms with E-state index in [0.717, 1.165) is 5.56 Å². The molecule has 0 aliphatic carbocycles. The summed E-state index contributed by atoms with van der Waals surface area (Å²) in [6.07, 6.45) is 0.630. The van der Waals surface area contributed by atoms with E-state index in [9.17, 15) is 19.2 Å². The van der Waals surface area contributed by atoms with E-state index < -0.39 is 41.8 Å². The van der Waals surface area contributed by atoms with E-state index in [2.05, 4.69) is 28.6 Å². The molecule has 3 atom stereocenters. The highest BCUT2D eigenvalue weighted by molar-refractivity contribution is 7.80. The summed E-state index contributed by atoms with van der Waals surface area (Å²) in [6, 6.07) is 6.01. The minimum absolute atomic E-state index is 0.100. The second-order valence-corrected chi connectivity index (χ2v) is 7.71. The number of amides is 3. The topological polar surface area (TPSA) is 151 Å². The molecule has 6 N–H and O–H groups in total. The van der Waals surface area contributed by atoms with Gasteiger partial charge in [-0.25, -0.2) is 4.79 Å². The molecule has 3 unspecified atom stereocenters. The van der Waals surface area contributed by atoms with Gasteiger partial charge in [-0.3, -0.25) is 14.4 Å². The van der Waals surface area contributed by atoms with Gasteiger partial charge in [0.25, 0.3) is 0 Å². The van der Waals surface area contributed by atoms with Crippen LogP contribution in [0, 0.1) is 5.92 Å². The van der Waals surface area contributed by atoms with Crippen molar-refractivity contribution >= 4 is 36.3 Å². The first-order chi connectivity index (χ1) is 14.1. The van der Waals surface area contributed by atoms with Crippen LogP contribution in [0.25, 0.3) is 0 Å². The number of nitrogens with one attached hydrogen (secondary N) is 3. The lowest BCUT2D eigenvalue weighted by Gasteiger charge is -2.21. The van der Waals surface area contributed by atoms with E-state index in [1.165, 1.54) is 0 Å².